The van der Waals surface area contributed by atoms with Gasteiger partial charge >= 0.3 is 0 Å². The minimum atomic E-state index is 0. The van der Waals surface area contributed by atoms with E-state index in [1.807, 2.05) is 6.07 Å². The van der Waals surface area contributed by atoms with Crippen LogP contribution in [0.2, 0.25) is 0 Å². The van der Waals surface area contributed by atoms with Gasteiger partial charge in [-0.3, -0.25) is 0 Å². The predicted molar refractivity (Wildman–Crippen MR) is 91.7 cm³/mol. The first-order valence-electron chi connectivity index (χ1n) is 7.80. The molecule has 0 amide bonds. The molecule has 4 heterocycles. The fourth-order valence-electron chi connectivity index (χ4n) is 4.57. The van der Waals surface area contributed by atoms with Crippen molar-refractivity contribution in [3.63, 3.8) is 0 Å². The smallest absolute Gasteiger partial charge is 0.209 e. The molecule has 0 unspecified atom stereocenters. The molecule has 1 N–H and O–H groups in total. The average molecular weight is 335 g/mol. The van der Waals surface area contributed by atoms with E-state index in [4.69, 9.17) is 0 Å². The number of anilines is 1. The number of halogens is 1. The SMILES string of the molecule is Cl.c1ccc(-c2nnc(N3[C@@H]4CC[C@H]3[C@H]3CNC[C@H]34)s2)cc1. The maximum absolute atomic E-state index is 4.52. The molecule has 3 fully saturated rings. The van der Waals surface area contributed by atoms with Gasteiger partial charge in [0.25, 0.3) is 0 Å². The summed E-state index contributed by atoms with van der Waals surface area (Å²) in [5.41, 5.74) is 1.18. The molecule has 1 aromatic carbocycles. The predicted octanol–water partition coefficient (Wildman–Crippen LogP) is 2.81. The summed E-state index contributed by atoms with van der Waals surface area (Å²) in [6, 6.07) is 11.8. The maximum Gasteiger partial charge on any atom is 0.209 e. The number of hydrogen-bond acceptors (Lipinski definition) is 5. The number of aromatic nitrogens is 2. The molecular formula is C16H19ClN4S. The van der Waals surface area contributed by atoms with Crippen LogP contribution in [0.25, 0.3) is 10.6 Å². The molecule has 3 aliphatic rings. The second-order valence-electron chi connectivity index (χ2n) is 6.36. The van der Waals surface area contributed by atoms with E-state index in [-0.39, 0.29) is 12.4 Å². The molecule has 116 valence electrons. The zero-order valence-electron chi connectivity index (χ0n) is 12.2. The van der Waals surface area contributed by atoms with Crippen molar-refractivity contribution in [3.8, 4) is 10.6 Å². The van der Waals surface area contributed by atoms with Gasteiger partial charge in [0.2, 0.25) is 5.13 Å². The number of nitrogens with zero attached hydrogens (tertiary/aromatic N) is 3. The third-order valence-electron chi connectivity index (χ3n) is 5.43. The number of hydrogen-bond donors (Lipinski definition) is 1. The molecule has 4 atom stereocenters. The summed E-state index contributed by atoms with van der Waals surface area (Å²) in [6.45, 7) is 2.37. The van der Waals surface area contributed by atoms with E-state index < -0.39 is 0 Å². The Morgan fingerprint density at radius 2 is 1.68 bits per heavy atom. The van der Waals surface area contributed by atoms with Crippen LogP contribution in [0, 0.1) is 11.8 Å². The second-order valence-corrected chi connectivity index (χ2v) is 7.32. The molecule has 22 heavy (non-hydrogen) atoms. The highest BCUT2D eigenvalue weighted by atomic mass is 35.5. The Balaban J connectivity index is 0.00000125. The topological polar surface area (TPSA) is 41.1 Å². The van der Waals surface area contributed by atoms with Crippen LogP contribution in [0.3, 0.4) is 0 Å². The third-order valence-corrected chi connectivity index (χ3v) is 6.41. The number of nitrogens with one attached hydrogen (secondary N) is 1. The summed E-state index contributed by atoms with van der Waals surface area (Å²) in [4.78, 5) is 2.60. The van der Waals surface area contributed by atoms with Gasteiger partial charge in [0.15, 0.2) is 0 Å². The molecule has 2 aromatic rings. The fourth-order valence-corrected chi connectivity index (χ4v) is 5.54. The molecule has 2 bridgehead atoms. The lowest BCUT2D eigenvalue weighted by molar-refractivity contribution is 0.354. The molecule has 6 heteroatoms. The lowest BCUT2D eigenvalue weighted by Crippen LogP contribution is -2.34. The zero-order valence-corrected chi connectivity index (χ0v) is 13.8. The van der Waals surface area contributed by atoms with E-state index in [0.29, 0.717) is 12.1 Å². The molecule has 1 aromatic heterocycles. The Kier molecular flexibility index (Phi) is 3.59. The largest absolute Gasteiger partial charge is 0.340 e. The van der Waals surface area contributed by atoms with Gasteiger partial charge in [-0.15, -0.1) is 22.6 Å². The first-order chi connectivity index (χ1) is 10.4. The Morgan fingerprint density at radius 1 is 1.00 bits per heavy atom. The monoisotopic (exact) mass is 334 g/mol. The molecule has 0 radical (unpaired) electrons. The van der Waals surface area contributed by atoms with Crippen molar-refractivity contribution in [2.24, 2.45) is 11.8 Å². The summed E-state index contributed by atoms with van der Waals surface area (Å²) < 4.78 is 0. The van der Waals surface area contributed by atoms with E-state index in [2.05, 4.69) is 44.7 Å². The van der Waals surface area contributed by atoms with Crippen molar-refractivity contribution in [1.82, 2.24) is 15.5 Å². The Bertz CT molecular complexity index is 643. The van der Waals surface area contributed by atoms with Gasteiger partial charge in [-0.05, 0) is 24.7 Å². The first-order valence-corrected chi connectivity index (χ1v) is 8.61. The van der Waals surface area contributed by atoms with Crippen LogP contribution in [0.1, 0.15) is 12.8 Å². The van der Waals surface area contributed by atoms with Crippen molar-refractivity contribution < 1.29 is 0 Å². The molecule has 4 nitrogen and oxygen atoms in total. The number of benzene rings is 1. The molecule has 0 spiro atoms. The van der Waals surface area contributed by atoms with Gasteiger partial charge in [0, 0.05) is 30.7 Å². The van der Waals surface area contributed by atoms with E-state index in [0.717, 1.165) is 22.0 Å². The van der Waals surface area contributed by atoms with Crippen LogP contribution in [0.15, 0.2) is 30.3 Å². The van der Waals surface area contributed by atoms with Gasteiger partial charge in [0.1, 0.15) is 5.01 Å². The van der Waals surface area contributed by atoms with Crippen molar-refractivity contribution in [2.75, 3.05) is 18.0 Å². The lowest BCUT2D eigenvalue weighted by atomic mass is 9.82. The zero-order chi connectivity index (χ0) is 13.8. The van der Waals surface area contributed by atoms with Crippen molar-refractivity contribution in [2.45, 2.75) is 24.9 Å². The van der Waals surface area contributed by atoms with E-state index in [1.165, 1.54) is 31.5 Å². The summed E-state index contributed by atoms with van der Waals surface area (Å²) in [7, 11) is 0. The molecule has 5 rings (SSSR count). The van der Waals surface area contributed by atoms with Crippen LogP contribution < -0.4 is 10.2 Å². The van der Waals surface area contributed by atoms with Crippen molar-refractivity contribution in [3.05, 3.63) is 30.3 Å². The van der Waals surface area contributed by atoms with Crippen LogP contribution in [-0.4, -0.2) is 35.4 Å². The van der Waals surface area contributed by atoms with Gasteiger partial charge in [-0.1, -0.05) is 41.7 Å². The van der Waals surface area contributed by atoms with Gasteiger partial charge in [0.05, 0.1) is 0 Å². The maximum atomic E-state index is 4.52. The summed E-state index contributed by atoms with van der Waals surface area (Å²) in [5.74, 6) is 1.65. The normalized spacial score (nSPS) is 32.1. The van der Waals surface area contributed by atoms with Crippen LogP contribution in [0.4, 0.5) is 5.13 Å². The molecule has 0 aliphatic carbocycles. The Labute approximate surface area is 140 Å². The van der Waals surface area contributed by atoms with E-state index >= 15 is 0 Å². The quantitative estimate of drug-likeness (QED) is 0.917. The van der Waals surface area contributed by atoms with Gasteiger partial charge < -0.3 is 10.2 Å². The third kappa shape index (κ3) is 1.99. The minimum absolute atomic E-state index is 0. The Morgan fingerprint density at radius 3 is 2.36 bits per heavy atom. The summed E-state index contributed by atoms with van der Waals surface area (Å²) >= 11 is 1.75. The van der Waals surface area contributed by atoms with Crippen molar-refractivity contribution in [1.29, 1.82) is 0 Å². The summed E-state index contributed by atoms with van der Waals surface area (Å²) in [5, 5.41) is 14.7. The first kappa shape index (κ1) is 14.4. The van der Waals surface area contributed by atoms with E-state index in [9.17, 15) is 0 Å². The standard InChI is InChI=1S/C16H18N4S.ClH/c1-2-4-10(5-3-1)15-18-19-16(21-15)20-13-6-7-14(20)12-9-17-8-11(12)13;/h1-5,11-14,17H,6-9H2;1H/t11-,12+,13-,14+;. The molecule has 3 saturated heterocycles. The minimum Gasteiger partial charge on any atom is -0.340 e. The highest BCUT2D eigenvalue weighted by Gasteiger charge is 2.55. The van der Waals surface area contributed by atoms with E-state index in [1.54, 1.807) is 11.3 Å². The number of fused-ring (bicyclic) bond motifs is 5. The fraction of sp³-hybridized carbons (Fsp3) is 0.500. The van der Waals surface area contributed by atoms with Crippen LogP contribution in [0.5, 0.6) is 0 Å². The highest BCUT2D eigenvalue weighted by Crippen LogP contribution is 2.50. The lowest BCUT2D eigenvalue weighted by Gasteiger charge is -2.23. The van der Waals surface area contributed by atoms with Gasteiger partial charge in [-0.2, -0.15) is 0 Å². The average Bonchev–Trinajstić information content (AvgIpc) is 3.28. The van der Waals surface area contributed by atoms with Crippen LogP contribution in [-0.2, 0) is 0 Å². The molecule has 3 aliphatic heterocycles. The highest BCUT2D eigenvalue weighted by molar-refractivity contribution is 7.18. The molecule has 0 saturated carbocycles. The summed E-state index contributed by atoms with van der Waals surface area (Å²) in [6.07, 6.45) is 2.65. The van der Waals surface area contributed by atoms with Gasteiger partial charge in [-0.25, -0.2) is 0 Å². The second kappa shape index (κ2) is 5.48. The van der Waals surface area contributed by atoms with Crippen LogP contribution >= 0.6 is 23.7 Å². The molecular weight excluding hydrogens is 316 g/mol. The van der Waals surface area contributed by atoms with Crippen molar-refractivity contribution >= 4 is 28.9 Å². The Hall–Kier alpha value is -1.17. The number of rotatable bonds is 2.